The topological polar surface area (TPSA) is 0 Å². The molecule has 0 atom stereocenters. The highest BCUT2D eigenvalue weighted by Gasteiger charge is 2.40. The summed E-state index contributed by atoms with van der Waals surface area (Å²) in [5.74, 6) is 0. The van der Waals surface area contributed by atoms with E-state index in [4.69, 9.17) is 0 Å². The molecule has 0 saturated heterocycles. The molecule has 0 N–H and O–H groups in total. The maximum Gasteiger partial charge on any atom is 0.0159 e. The smallest absolute Gasteiger partial charge is 0.0159 e. The van der Waals surface area contributed by atoms with Gasteiger partial charge >= 0.3 is 0 Å². The van der Waals surface area contributed by atoms with Crippen LogP contribution in [0.4, 0.5) is 0 Å². The maximum atomic E-state index is 2.44. The fraction of sp³-hybridized carbons (Fsp3) is 0.0667. The van der Waals surface area contributed by atoms with Crippen LogP contribution in [0, 0.1) is 0 Å². The van der Waals surface area contributed by atoms with Gasteiger partial charge < -0.3 is 0 Å². The monoisotopic (exact) mass is 1720 g/mol. The van der Waals surface area contributed by atoms with Gasteiger partial charge in [0.2, 0.25) is 0 Å². The summed E-state index contributed by atoms with van der Waals surface area (Å²) in [6.07, 6.45) is 0. The van der Waals surface area contributed by atoms with Crippen LogP contribution in [0.3, 0.4) is 0 Å². The van der Waals surface area contributed by atoms with E-state index in [9.17, 15) is 0 Å². The van der Waals surface area contributed by atoms with Crippen molar-refractivity contribution in [2.24, 2.45) is 0 Å². The molecule has 636 valence electrons. The zero-order valence-corrected chi connectivity index (χ0v) is 76.5. The van der Waals surface area contributed by atoms with E-state index in [1.165, 1.54) is 264 Å². The first-order valence-electron chi connectivity index (χ1n) is 47.6. The van der Waals surface area contributed by atoms with Crippen molar-refractivity contribution in [3.63, 3.8) is 0 Å². The van der Waals surface area contributed by atoms with E-state index in [1.807, 2.05) is 0 Å². The van der Waals surface area contributed by atoms with Gasteiger partial charge in [-0.2, -0.15) is 0 Å². The number of rotatable bonds is 9. The van der Waals surface area contributed by atoms with Crippen LogP contribution in [0.25, 0.3) is 230 Å². The molecule has 0 spiro atoms. The third kappa shape index (κ3) is 13.2. The summed E-state index contributed by atoms with van der Waals surface area (Å²) >= 11 is 0. The minimum absolute atomic E-state index is 0.0526. The van der Waals surface area contributed by atoms with Crippen molar-refractivity contribution in [1.82, 2.24) is 0 Å². The molecule has 0 nitrogen and oxygen atoms in total. The van der Waals surface area contributed by atoms with Gasteiger partial charge in [0.25, 0.3) is 0 Å². The summed E-state index contributed by atoms with van der Waals surface area (Å²) in [6, 6.07) is 175. The standard InChI is InChI=1S/3C45H32/c1-45(2)40-26-24-29-13-6-7-18-34(29)44(40)39-25-23-32(28-41(39)45)31-16-12-17-33(27-31)43-37-21-10-8-19-35(37)42(30-14-4-3-5-15-30)36-20-9-11-22-38(36)43;1-45(2)40-27-25-30-12-6-7-15-34(30)44(40)39-26-24-33(28-41(39)45)29-20-22-32(23-21-29)43-37-18-10-8-16-35(37)42(31-13-4-3-5-14-31)36-17-9-11-19-38(36)43;1-45(2)41-28-34(24-25-35(41)40-26-32-14-6-7-15-33(32)27-42(40)45)29-20-22-31(23-21-29)44-38-18-10-8-16-36(38)43(30-12-4-3-5-13-30)37-17-9-11-19-39(37)44/h3*3-28H,1-2H3. The molecule has 0 saturated carbocycles. The average molecular weight is 1720 g/mol. The van der Waals surface area contributed by atoms with Crippen LogP contribution >= 0.6 is 0 Å². The quantitative estimate of drug-likeness (QED) is 0.126. The zero-order valence-electron chi connectivity index (χ0n) is 76.5. The Labute approximate surface area is 789 Å². The Bertz CT molecular complexity index is 8760. The summed E-state index contributed by atoms with van der Waals surface area (Å²) in [5.41, 5.74) is 39.3. The molecule has 0 unspecified atom stereocenters. The van der Waals surface area contributed by atoms with Crippen LogP contribution in [-0.2, 0) is 16.2 Å². The van der Waals surface area contributed by atoms with Crippen molar-refractivity contribution < 1.29 is 0 Å². The van der Waals surface area contributed by atoms with E-state index >= 15 is 0 Å². The Kier molecular flexibility index (Phi) is 19.1. The minimum atomic E-state index is -0.0675. The van der Waals surface area contributed by atoms with Crippen LogP contribution in [0.5, 0.6) is 0 Å². The van der Waals surface area contributed by atoms with Gasteiger partial charge in [-0.1, -0.05) is 478 Å². The van der Waals surface area contributed by atoms with Gasteiger partial charge in [0, 0.05) is 16.2 Å². The normalized spacial score (nSPS) is 13.3. The Morgan fingerprint density at radius 2 is 0.333 bits per heavy atom. The first-order valence-corrected chi connectivity index (χ1v) is 47.6. The summed E-state index contributed by atoms with van der Waals surface area (Å²) in [6.45, 7) is 14.2. The fourth-order valence-corrected chi connectivity index (χ4v) is 23.6. The molecule has 3 aliphatic carbocycles. The Morgan fingerprint density at radius 1 is 0.111 bits per heavy atom. The van der Waals surface area contributed by atoms with Crippen molar-refractivity contribution in [2.75, 3.05) is 0 Å². The molecule has 24 aromatic rings. The second kappa shape index (κ2) is 32.0. The number of hydrogen-bond acceptors (Lipinski definition) is 0. The molecular formula is C135H96. The molecule has 27 rings (SSSR count). The van der Waals surface area contributed by atoms with Crippen LogP contribution < -0.4 is 0 Å². The molecule has 3 aliphatic rings. The van der Waals surface area contributed by atoms with Crippen molar-refractivity contribution >= 4 is 97.0 Å². The van der Waals surface area contributed by atoms with E-state index in [-0.39, 0.29) is 16.2 Å². The maximum absolute atomic E-state index is 2.44. The number of fused-ring (bicyclic) bond motifs is 20. The van der Waals surface area contributed by atoms with Gasteiger partial charge in [-0.15, -0.1) is 0 Å². The van der Waals surface area contributed by atoms with Crippen molar-refractivity contribution in [1.29, 1.82) is 0 Å². The molecule has 0 fully saturated rings. The van der Waals surface area contributed by atoms with E-state index in [0.717, 1.165) is 0 Å². The molecule has 0 amide bonds. The third-order valence-corrected chi connectivity index (χ3v) is 30.2. The molecule has 0 aromatic heterocycles. The second-order valence-corrected chi connectivity index (χ2v) is 38.7. The molecule has 0 bridgehead atoms. The van der Waals surface area contributed by atoms with Crippen LogP contribution in [0.15, 0.2) is 473 Å². The molecule has 0 aliphatic heterocycles. The van der Waals surface area contributed by atoms with Crippen molar-refractivity contribution in [3.8, 4) is 134 Å². The summed E-state index contributed by atoms with van der Waals surface area (Å²) < 4.78 is 0. The SMILES string of the molecule is CC1(C)c2cc(-c3ccc(-c4c5ccccc5c(-c5ccccc5)c5ccccc45)cc3)ccc2-c2c1ccc1ccccc21.CC1(C)c2cc(-c3ccc(-c4c5ccccc5c(-c5ccccc5)c5ccccc45)cc3)ccc2-c2cc3ccccc3cc21.CC1(C)c2cc(-c3cccc(-c4c5ccccc5c(-c5ccccc5)c5ccccc45)c3)ccc2-c2c1ccc1ccccc21. The van der Waals surface area contributed by atoms with E-state index in [2.05, 4.69) is 515 Å². The van der Waals surface area contributed by atoms with Crippen molar-refractivity contribution in [3.05, 3.63) is 507 Å². The summed E-state index contributed by atoms with van der Waals surface area (Å²) in [4.78, 5) is 0. The first kappa shape index (κ1) is 80.7. The van der Waals surface area contributed by atoms with Crippen LogP contribution in [0.1, 0.15) is 74.9 Å². The third-order valence-electron chi connectivity index (χ3n) is 30.2. The molecule has 135 heavy (non-hydrogen) atoms. The lowest BCUT2D eigenvalue weighted by molar-refractivity contribution is 0.661. The second-order valence-electron chi connectivity index (χ2n) is 38.7. The van der Waals surface area contributed by atoms with E-state index in [1.54, 1.807) is 0 Å². The highest BCUT2D eigenvalue weighted by Crippen LogP contribution is 2.57. The van der Waals surface area contributed by atoms with Gasteiger partial charge in [-0.3, -0.25) is 0 Å². The van der Waals surface area contributed by atoms with Gasteiger partial charge in [0.15, 0.2) is 0 Å². The summed E-state index contributed by atoms with van der Waals surface area (Å²) in [5, 5.41) is 23.3. The van der Waals surface area contributed by atoms with Crippen LogP contribution in [-0.4, -0.2) is 0 Å². The van der Waals surface area contributed by atoms with E-state index < -0.39 is 0 Å². The lowest BCUT2D eigenvalue weighted by Gasteiger charge is -2.22. The van der Waals surface area contributed by atoms with Gasteiger partial charge in [0.05, 0.1) is 0 Å². The first-order chi connectivity index (χ1) is 66.3. The number of benzene rings is 24. The molecule has 0 heteroatoms. The Morgan fingerprint density at radius 3 is 0.681 bits per heavy atom. The summed E-state index contributed by atoms with van der Waals surface area (Å²) in [7, 11) is 0. The van der Waals surface area contributed by atoms with Crippen LogP contribution in [0.2, 0.25) is 0 Å². The van der Waals surface area contributed by atoms with Crippen molar-refractivity contribution in [2.45, 2.75) is 57.8 Å². The van der Waals surface area contributed by atoms with Gasteiger partial charge in [-0.05, 0) is 300 Å². The minimum Gasteiger partial charge on any atom is -0.0622 e. The van der Waals surface area contributed by atoms with Gasteiger partial charge in [-0.25, -0.2) is 0 Å². The average Bonchev–Trinajstić information content (AvgIpc) is 1.63. The largest absolute Gasteiger partial charge is 0.0622 e. The molecule has 24 aromatic carbocycles. The molecular weight excluding hydrogens is 1620 g/mol. The van der Waals surface area contributed by atoms with Gasteiger partial charge in [0.1, 0.15) is 0 Å². The predicted molar refractivity (Wildman–Crippen MR) is 578 cm³/mol. The van der Waals surface area contributed by atoms with E-state index in [0.29, 0.717) is 0 Å². The number of hydrogen-bond donors (Lipinski definition) is 0. The molecule has 0 heterocycles. The lowest BCUT2D eigenvalue weighted by Crippen LogP contribution is -2.15. The fourth-order valence-electron chi connectivity index (χ4n) is 23.6. The zero-order chi connectivity index (χ0) is 90.4. The molecule has 0 radical (unpaired) electrons. The predicted octanol–water partition coefficient (Wildman–Crippen LogP) is 37.4. The Balaban J connectivity index is 0.000000108. The Hall–Kier alpha value is -16.4. The highest BCUT2D eigenvalue weighted by molar-refractivity contribution is 6.25. The highest BCUT2D eigenvalue weighted by atomic mass is 14.4. The lowest BCUT2D eigenvalue weighted by atomic mass is 9.81.